The number of carboxylic acids is 1. The summed E-state index contributed by atoms with van der Waals surface area (Å²) >= 11 is 0. The van der Waals surface area contributed by atoms with E-state index in [4.69, 9.17) is 0 Å². The molecule has 0 aliphatic heterocycles. The molecule has 3 N–H and O–H groups in total. The first-order chi connectivity index (χ1) is 9.05. The Morgan fingerprint density at radius 3 is 2.30 bits per heavy atom. The van der Waals surface area contributed by atoms with Crippen LogP contribution in [0.3, 0.4) is 0 Å². The molecule has 0 unspecified atom stereocenters. The monoisotopic (exact) mass is 281 g/mol. The highest BCUT2D eigenvalue weighted by Crippen LogP contribution is 2.20. The van der Waals surface area contributed by atoms with E-state index in [0.717, 1.165) is 0 Å². The van der Waals surface area contributed by atoms with Gasteiger partial charge in [-0.3, -0.25) is 9.59 Å². The van der Waals surface area contributed by atoms with Crippen molar-refractivity contribution in [1.82, 2.24) is 15.5 Å². The van der Waals surface area contributed by atoms with Crippen LogP contribution < -0.4 is 10.9 Å². The molecule has 7 nitrogen and oxygen atoms in total. The van der Waals surface area contributed by atoms with Gasteiger partial charge in [-0.2, -0.15) is 5.10 Å². The number of aromatic nitrogens is 2. The molecule has 1 aromatic rings. The summed E-state index contributed by atoms with van der Waals surface area (Å²) in [5.74, 6) is -1.86. The normalized spacial score (nSPS) is 12.8. The molecule has 1 amide bonds. The molecule has 1 aromatic heterocycles. The number of aryl methyl sites for hydroxylation is 1. The van der Waals surface area contributed by atoms with Crippen molar-refractivity contribution in [3.63, 3.8) is 0 Å². The van der Waals surface area contributed by atoms with Crippen molar-refractivity contribution in [3.05, 3.63) is 27.2 Å². The predicted molar refractivity (Wildman–Crippen MR) is 72.7 cm³/mol. The van der Waals surface area contributed by atoms with Gasteiger partial charge in [0.1, 0.15) is 11.6 Å². The lowest BCUT2D eigenvalue weighted by Gasteiger charge is -2.27. The van der Waals surface area contributed by atoms with Crippen LogP contribution in [0.25, 0.3) is 0 Å². The number of carbonyl (C=O) groups is 2. The van der Waals surface area contributed by atoms with Gasteiger partial charge in [0, 0.05) is 0 Å². The van der Waals surface area contributed by atoms with E-state index in [9.17, 15) is 19.5 Å². The fraction of sp³-hybridized carbons (Fsp3) is 0.538. The third kappa shape index (κ3) is 3.23. The molecule has 0 bridgehead atoms. The molecule has 7 heteroatoms. The van der Waals surface area contributed by atoms with E-state index in [2.05, 4.69) is 15.5 Å². The number of rotatable bonds is 3. The van der Waals surface area contributed by atoms with Gasteiger partial charge in [-0.15, -0.1) is 0 Å². The Kier molecular flexibility index (Phi) is 4.32. The number of H-pyrrole nitrogens is 1. The Bertz CT molecular complexity index is 599. The minimum Gasteiger partial charge on any atom is -0.480 e. The summed E-state index contributed by atoms with van der Waals surface area (Å²) in [6.45, 7) is 8.34. The Labute approximate surface area is 116 Å². The molecule has 0 fully saturated rings. The van der Waals surface area contributed by atoms with E-state index in [1.165, 1.54) is 0 Å². The zero-order chi connectivity index (χ0) is 15.7. The summed E-state index contributed by atoms with van der Waals surface area (Å²) < 4.78 is 0. The largest absolute Gasteiger partial charge is 0.480 e. The number of aromatic amines is 1. The first kappa shape index (κ1) is 15.9. The molecule has 0 saturated heterocycles. The molecule has 1 atom stereocenters. The van der Waals surface area contributed by atoms with E-state index in [1.54, 1.807) is 34.6 Å². The summed E-state index contributed by atoms with van der Waals surface area (Å²) in [5.41, 5.74) is -0.470. The van der Waals surface area contributed by atoms with Gasteiger partial charge in [0.05, 0.1) is 5.69 Å². The van der Waals surface area contributed by atoms with E-state index < -0.39 is 28.9 Å². The zero-order valence-corrected chi connectivity index (χ0v) is 12.2. The average Bonchev–Trinajstić information content (AvgIpc) is 2.29. The summed E-state index contributed by atoms with van der Waals surface area (Å²) in [4.78, 5) is 35.1. The second-order valence-corrected chi connectivity index (χ2v) is 5.75. The van der Waals surface area contributed by atoms with Gasteiger partial charge in [-0.1, -0.05) is 20.8 Å². The Morgan fingerprint density at radius 1 is 1.30 bits per heavy atom. The fourth-order valence-corrected chi connectivity index (χ4v) is 1.75. The van der Waals surface area contributed by atoms with Crippen LogP contribution in [0.5, 0.6) is 0 Å². The van der Waals surface area contributed by atoms with Crippen molar-refractivity contribution in [1.29, 1.82) is 0 Å². The van der Waals surface area contributed by atoms with Crippen molar-refractivity contribution in [3.8, 4) is 0 Å². The molecule has 0 aliphatic rings. The first-order valence-corrected chi connectivity index (χ1v) is 6.15. The zero-order valence-electron chi connectivity index (χ0n) is 12.2. The van der Waals surface area contributed by atoms with Crippen molar-refractivity contribution >= 4 is 11.9 Å². The van der Waals surface area contributed by atoms with Crippen LogP contribution in [-0.4, -0.2) is 33.2 Å². The van der Waals surface area contributed by atoms with Crippen LogP contribution in [0.4, 0.5) is 0 Å². The number of aliphatic carboxylic acids is 1. The van der Waals surface area contributed by atoms with Crippen LogP contribution >= 0.6 is 0 Å². The van der Waals surface area contributed by atoms with Crippen molar-refractivity contribution in [2.24, 2.45) is 5.41 Å². The molecule has 0 radical (unpaired) electrons. The van der Waals surface area contributed by atoms with Crippen LogP contribution in [0, 0.1) is 19.3 Å². The van der Waals surface area contributed by atoms with Crippen molar-refractivity contribution in [2.45, 2.75) is 40.7 Å². The maximum atomic E-state index is 12.2. The average molecular weight is 281 g/mol. The molecular weight excluding hydrogens is 262 g/mol. The first-order valence-electron chi connectivity index (χ1n) is 6.15. The highest BCUT2D eigenvalue weighted by Gasteiger charge is 2.33. The summed E-state index contributed by atoms with van der Waals surface area (Å²) in [5, 5.41) is 17.5. The lowest BCUT2D eigenvalue weighted by molar-refractivity contribution is -0.142. The fourth-order valence-electron chi connectivity index (χ4n) is 1.75. The number of amides is 1. The van der Waals surface area contributed by atoms with Gasteiger partial charge in [-0.25, -0.2) is 9.89 Å². The molecule has 0 saturated carbocycles. The van der Waals surface area contributed by atoms with Gasteiger partial charge in [0.25, 0.3) is 11.5 Å². The maximum Gasteiger partial charge on any atom is 0.326 e. The molecule has 0 aromatic carbocycles. The van der Waals surface area contributed by atoms with Crippen LogP contribution in [0.1, 0.15) is 42.4 Å². The summed E-state index contributed by atoms with van der Waals surface area (Å²) in [7, 11) is 0. The highest BCUT2D eigenvalue weighted by atomic mass is 16.4. The summed E-state index contributed by atoms with van der Waals surface area (Å²) in [6.07, 6.45) is 0. The Morgan fingerprint density at radius 2 is 1.85 bits per heavy atom. The lowest BCUT2D eigenvalue weighted by Crippen LogP contribution is -2.50. The second kappa shape index (κ2) is 5.44. The van der Waals surface area contributed by atoms with Gasteiger partial charge in [0.15, 0.2) is 0 Å². The number of nitrogens with zero attached hydrogens (tertiary/aromatic N) is 1. The van der Waals surface area contributed by atoms with E-state index in [-0.39, 0.29) is 5.56 Å². The maximum absolute atomic E-state index is 12.2. The van der Waals surface area contributed by atoms with Crippen LogP contribution in [0.15, 0.2) is 4.79 Å². The molecule has 0 spiro atoms. The van der Waals surface area contributed by atoms with E-state index in [1.807, 2.05) is 0 Å². The van der Waals surface area contributed by atoms with Crippen molar-refractivity contribution < 1.29 is 14.7 Å². The summed E-state index contributed by atoms with van der Waals surface area (Å²) in [6, 6.07) is -1.10. The minimum atomic E-state index is -1.15. The molecule has 1 heterocycles. The predicted octanol–water partition coefficient (Wildman–Crippen LogP) is 0.616. The van der Waals surface area contributed by atoms with Gasteiger partial charge < -0.3 is 10.4 Å². The third-order valence-corrected chi connectivity index (χ3v) is 3.09. The number of hydrogen-bond acceptors (Lipinski definition) is 4. The van der Waals surface area contributed by atoms with E-state index in [0.29, 0.717) is 11.3 Å². The van der Waals surface area contributed by atoms with Crippen molar-refractivity contribution in [2.75, 3.05) is 0 Å². The van der Waals surface area contributed by atoms with Gasteiger partial charge in [0.2, 0.25) is 0 Å². The SMILES string of the molecule is Cc1n[nH]c(=O)c(C(=O)N[C@H](C(=O)O)C(C)(C)C)c1C. The number of hydrogen-bond donors (Lipinski definition) is 3. The second-order valence-electron chi connectivity index (χ2n) is 5.75. The molecule has 0 aliphatic carbocycles. The standard InChI is InChI=1S/C13H19N3O4/c1-6-7(2)15-16-11(18)8(6)10(17)14-9(12(19)20)13(3,4)5/h9H,1-5H3,(H,14,17)(H,16,18)(H,19,20)/t9-/m1/s1. The Balaban J connectivity index is 3.18. The number of nitrogens with one attached hydrogen (secondary N) is 2. The van der Waals surface area contributed by atoms with Crippen LogP contribution in [0.2, 0.25) is 0 Å². The molecule has 20 heavy (non-hydrogen) atoms. The topological polar surface area (TPSA) is 112 Å². The third-order valence-electron chi connectivity index (χ3n) is 3.09. The van der Waals surface area contributed by atoms with Gasteiger partial charge >= 0.3 is 5.97 Å². The highest BCUT2D eigenvalue weighted by molar-refractivity contribution is 5.97. The smallest absolute Gasteiger partial charge is 0.326 e. The minimum absolute atomic E-state index is 0.104. The number of carbonyl (C=O) groups excluding carboxylic acids is 1. The van der Waals surface area contributed by atoms with Gasteiger partial charge in [-0.05, 0) is 24.8 Å². The Hall–Kier alpha value is -2.18. The number of carboxylic acid groups (broad SMARTS) is 1. The molecule has 1 rings (SSSR count). The quantitative estimate of drug-likeness (QED) is 0.751. The molecule has 110 valence electrons. The van der Waals surface area contributed by atoms with Crippen LogP contribution in [-0.2, 0) is 4.79 Å². The van der Waals surface area contributed by atoms with E-state index >= 15 is 0 Å². The lowest BCUT2D eigenvalue weighted by atomic mass is 9.86. The molecular formula is C13H19N3O4.